The predicted molar refractivity (Wildman–Crippen MR) is 162 cm³/mol. The van der Waals surface area contributed by atoms with E-state index in [-0.39, 0.29) is 24.8 Å². The predicted octanol–water partition coefficient (Wildman–Crippen LogP) is 6.20. The summed E-state index contributed by atoms with van der Waals surface area (Å²) < 4.78 is 18.4. The number of ether oxygens (including phenoxy) is 2. The second kappa shape index (κ2) is 14.5. The summed E-state index contributed by atoms with van der Waals surface area (Å²) in [6.45, 7) is 11.6. The number of carbonyl (C=O) groups excluding carboxylic acids is 1. The van der Waals surface area contributed by atoms with Crippen LogP contribution < -0.4 is 14.8 Å². The molecule has 0 atom stereocenters. The molecule has 2 aromatic carbocycles. The third kappa shape index (κ3) is 7.29. The van der Waals surface area contributed by atoms with Gasteiger partial charge in [-0.15, -0.1) is 0 Å². The topological polar surface area (TPSA) is 97.1 Å². The molecule has 0 aliphatic carbocycles. The Bertz CT molecular complexity index is 1320. The van der Waals surface area contributed by atoms with Gasteiger partial charge in [-0.05, 0) is 60.5 Å². The molecule has 41 heavy (non-hydrogen) atoms. The average Bonchev–Trinajstić information content (AvgIpc) is 3.41. The summed E-state index contributed by atoms with van der Waals surface area (Å²) in [7, 11) is 2.13. The molecule has 8 nitrogen and oxygen atoms in total. The number of hydrogen-bond donors (Lipinski definition) is 2. The van der Waals surface area contributed by atoms with Gasteiger partial charge in [-0.1, -0.05) is 63.9 Å². The first kappa shape index (κ1) is 30.6. The van der Waals surface area contributed by atoms with E-state index >= 15 is 0 Å². The molecule has 8 heteroatoms. The van der Waals surface area contributed by atoms with Crippen LogP contribution in [0.25, 0.3) is 22.4 Å². The molecule has 0 bridgehead atoms. The minimum Gasteiger partial charge on any atom is -0.493 e. The van der Waals surface area contributed by atoms with Crippen LogP contribution in [0.4, 0.5) is 0 Å². The molecule has 1 aliphatic heterocycles. The summed E-state index contributed by atoms with van der Waals surface area (Å²) >= 11 is 0. The van der Waals surface area contributed by atoms with Crippen LogP contribution in [-0.4, -0.2) is 61.0 Å². The van der Waals surface area contributed by atoms with Crippen molar-refractivity contribution in [2.45, 2.75) is 72.3 Å². The first-order chi connectivity index (χ1) is 19.9. The highest BCUT2D eigenvalue weighted by Gasteiger charge is 2.28. The number of likely N-dealkylation sites (N-methyl/N-ethyl adjacent to an activating group) is 1. The molecule has 1 amide bonds. The van der Waals surface area contributed by atoms with Crippen molar-refractivity contribution in [2.24, 2.45) is 0 Å². The maximum absolute atomic E-state index is 13.2. The van der Waals surface area contributed by atoms with Crippen molar-refractivity contribution in [1.29, 1.82) is 0 Å². The van der Waals surface area contributed by atoms with E-state index in [0.717, 1.165) is 67.6 Å². The fourth-order valence-corrected chi connectivity index (χ4v) is 5.11. The van der Waals surface area contributed by atoms with Gasteiger partial charge in [0.05, 0.1) is 25.4 Å². The van der Waals surface area contributed by atoms with E-state index in [2.05, 4.69) is 68.3 Å². The van der Waals surface area contributed by atoms with Crippen LogP contribution in [0.15, 0.2) is 34.9 Å². The molecule has 2 heterocycles. The Labute approximate surface area is 244 Å². The van der Waals surface area contributed by atoms with Gasteiger partial charge in [0, 0.05) is 31.3 Å². The number of aromatic nitrogens is 1. The number of carbonyl (C=O) groups is 1. The van der Waals surface area contributed by atoms with E-state index in [9.17, 15) is 9.90 Å². The third-order valence-electron chi connectivity index (χ3n) is 7.49. The maximum Gasteiger partial charge on any atom is 0.290 e. The van der Waals surface area contributed by atoms with E-state index in [4.69, 9.17) is 14.0 Å². The van der Waals surface area contributed by atoms with Gasteiger partial charge in [-0.25, -0.2) is 0 Å². The Hall–Kier alpha value is -3.36. The lowest BCUT2D eigenvalue weighted by Gasteiger charge is -2.25. The number of benzene rings is 2. The van der Waals surface area contributed by atoms with Crippen molar-refractivity contribution >= 4 is 5.91 Å². The van der Waals surface area contributed by atoms with Crippen LogP contribution >= 0.6 is 0 Å². The largest absolute Gasteiger partial charge is 0.493 e. The highest BCUT2D eigenvalue weighted by atomic mass is 16.5. The molecular weight excluding hydrogens is 518 g/mol. The molecule has 0 radical (unpaired) electrons. The fraction of sp³-hybridized carbons (Fsp3) is 0.515. The molecular formula is C33H45N3O5. The highest BCUT2D eigenvalue weighted by molar-refractivity contribution is 6.02. The number of nitrogens with one attached hydrogen (secondary N) is 1. The zero-order valence-corrected chi connectivity index (χ0v) is 25.2. The summed E-state index contributed by atoms with van der Waals surface area (Å²) in [6.07, 6.45) is 4.87. The number of aliphatic hydroxyl groups excluding tert-OH is 1. The van der Waals surface area contributed by atoms with Crippen LogP contribution in [0.3, 0.4) is 0 Å². The molecule has 1 aliphatic rings. The van der Waals surface area contributed by atoms with Crippen LogP contribution in [-0.2, 0) is 13.0 Å². The first-order valence-electron chi connectivity index (χ1n) is 15.0. The van der Waals surface area contributed by atoms with Gasteiger partial charge in [-0.2, -0.15) is 0 Å². The minimum absolute atomic E-state index is 0.121. The molecule has 0 spiro atoms. The molecule has 4 rings (SSSR count). The molecule has 0 fully saturated rings. The summed E-state index contributed by atoms with van der Waals surface area (Å²) in [5.74, 6) is 1.37. The van der Waals surface area contributed by atoms with Crippen molar-refractivity contribution in [1.82, 2.24) is 15.4 Å². The lowest BCUT2D eigenvalue weighted by atomic mass is 9.91. The Balaban J connectivity index is 1.89. The summed E-state index contributed by atoms with van der Waals surface area (Å²) in [5, 5.41) is 16.5. The fourth-order valence-electron chi connectivity index (χ4n) is 5.11. The van der Waals surface area contributed by atoms with E-state index in [1.165, 1.54) is 11.1 Å². The molecule has 1 aromatic heterocycles. The SMILES string of the molecule is CCCCOc1cc(OCCCC)c(C(C)C)cc1-c1noc(C(=O)NCCO)c1-c1ccc2c(c1)CCN(C)C2. The lowest BCUT2D eigenvalue weighted by molar-refractivity contribution is 0.0909. The Morgan fingerprint density at radius 2 is 1.80 bits per heavy atom. The van der Waals surface area contributed by atoms with Gasteiger partial charge in [0.25, 0.3) is 5.91 Å². The maximum atomic E-state index is 13.2. The van der Waals surface area contributed by atoms with Crippen LogP contribution in [0.1, 0.15) is 86.5 Å². The monoisotopic (exact) mass is 563 g/mol. The quantitative estimate of drug-likeness (QED) is 0.225. The molecule has 2 N–H and O–H groups in total. The molecule has 0 saturated carbocycles. The molecule has 0 unspecified atom stereocenters. The number of rotatable bonds is 14. The van der Waals surface area contributed by atoms with E-state index in [0.29, 0.717) is 30.2 Å². The summed E-state index contributed by atoms with van der Waals surface area (Å²) in [4.78, 5) is 15.5. The van der Waals surface area contributed by atoms with Crippen LogP contribution in [0, 0.1) is 0 Å². The minimum atomic E-state index is -0.415. The zero-order chi connectivity index (χ0) is 29.4. The standard InChI is InChI=1S/C33H45N3O5/c1-6-8-16-39-28-20-29(40-17-9-7-2)27(19-26(28)22(3)4)31-30(32(41-35-31)33(38)34-13-15-37)24-10-11-25-21-36(5)14-12-23(25)18-24/h10-11,18-20,22,37H,6-9,12-17,21H2,1-5H3,(H,34,38). The third-order valence-corrected chi connectivity index (χ3v) is 7.49. The van der Waals surface area contributed by atoms with Gasteiger partial charge >= 0.3 is 0 Å². The summed E-state index contributed by atoms with van der Waals surface area (Å²) in [5.41, 5.74) is 6.41. The van der Waals surface area contributed by atoms with Crippen molar-refractivity contribution in [3.05, 3.63) is 52.8 Å². The molecule has 222 valence electrons. The van der Waals surface area contributed by atoms with Crippen LogP contribution in [0.2, 0.25) is 0 Å². The average molecular weight is 564 g/mol. The first-order valence-corrected chi connectivity index (χ1v) is 15.0. The molecule has 0 saturated heterocycles. The van der Waals surface area contributed by atoms with E-state index in [1.807, 2.05) is 12.1 Å². The summed E-state index contributed by atoms with van der Waals surface area (Å²) in [6, 6.07) is 10.4. The van der Waals surface area contributed by atoms with Crippen molar-refractivity contribution in [3.63, 3.8) is 0 Å². The van der Waals surface area contributed by atoms with Gasteiger partial charge in [0.15, 0.2) is 0 Å². The van der Waals surface area contributed by atoms with E-state index < -0.39 is 5.91 Å². The van der Waals surface area contributed by atoms with E-state index in [1.54, 1.807) is 0 Å². The smallest absolute Gasteiger partial charge is 0.290 e. The second-order valence-electron chi connectivity index (χ2n) is 11.1. The van der Waals surface area contributed by atoms with Gasteiger partial charge in [0.2, 0.25) is 5.76 Å². The second-order valence-corrected chi connectivity index (χ2v) is 11.1. The number of hydrogen-bond acceptors (Lipinski definition) is 7. The van der Waals surface area contributed by atoms with Crippen molar-refractivity contribution in [2.75, 3.05) is 40.0 Å². The van der Waals surface area contributed by atoms with Crippen LogP contribution in [0.5, 0.6) is 11.5 Å². The van der Waals surface area contributed by atoms with Crippen molar-refractivity contribution < 1.29 is 23.9 Å². The van der Waals surface area contributed by atoms with Gasteiger partial charge in [0.1, 0.15) is 17.2 Å². The lowest BCUT2D eigenvalue weighted by Crippen LogP contribution is -2.27. The number of amides is 1. The van der Waals surface area contributed by atoms with Crippen molar-refractivity contribution in [3.8, 4) is 33.9 Å². The van der Waals surface area contributed by atoms with Gasteiger partial charge < -0.3 is 29.3 Å². The Morgan fingerprint density at radius 1 is 1.07 bits per heavy atom. The normalized spacial score (nSPS) is 13.3. The van der Waals surface area contributed by atoms with Gasteiger partial charge in [-0.3, -0.25) is 4.79 Å². The molecule has 3 aromatic rings. The number of unbranched alkanes of at least 4 members (excludes halogenated alkanes) is 2. The highest BCUT2D eigenvalue weighted by Crippen LogP contribution is 2.44. The number of fused-ring (bicyclic) bond motifs is 1. The zero-order valence-electron chi connectivity index (χ0n) is 25.2. The number of nitrogens with zero attached hydrogens (tertiary/aromatic N) is 2. The number of aliphatic hydroxyl groups is 1. The Kier molecular flexibility index (Phi) is 10.8. The Morgan fingerprint density at radius 3 is 2.49 bits per heavy atom.